The largest absolute Gasteiger partial charge is 0.495 e. The van der Waals surface area contributed by atoms with Crippen LogP contribution in [0, 0.1) is 11.7 Å². The van der Waals surface area contributed by atoms with E-state index in [9.17, 15) is 32.0 Å². The molecule has 0 aliphatic heterocycles. The number of carbonyl (C=O) groups excluding carboxylic acids is 4. The number of esters is 1. The Kier molecular flexibility index (Phi) is 13.4. The van der Waals surface area contributed by atoms with E-state index in [4.69, 9.17) is 18.9 Å². The first-order valence-corrected chi connectivity index (χ1v) is 20.4. The van der Waals surface area contributed by atoms with Gasteiger partial charge in [-0.1, -0.05) is 57.2 Å². The number of rotatable bonds is 14. The Morgan fingerprint density at radius 3 is 2.17 bits per heavy atom. The van der Waals surface area contributed by atoms with Crippen molar-refractivity contribution in [1.29, 1.82) is 0 Å². The lowest BCUT2D eigenvalue weighted by molar-refractivity contribution is -0.155. The van der Waals surface area contributed by atoms with Crippen molar-refractivity contribution in [2.45, 2.75) is 70.4 Å². The summed E-state index contributed by atoms with van der Waals surface area (Å²) >= 11 is 0. The third-order valence-electron chi connectivity index (χ3n) is 9.02. The fourth-order valence-electron chi connectivity index (χ4n) is 5.83. The highest BCUT2D eigenvalue weighted by Crippen LogP contribution is 2.35. The van der Waals surface area contributed by atoms with Crippen LogP contribution in [0.4, 0.5) is 25.6 Å². The molecule has 2 aromatic heterocycles. The molecule has 0 fully saturated rings. The van der Waals surface area contributed by atoms with Gasteiger partial charge in [0, 0.05) is 36.4 Å². The minimum Gasteiger partial charge on any atom is -0.495 e. The molecule has 59 heavy (non-hydrogen) atoms. The van der Waals surface area contributed by atoms with E-state index in [1.807, 2.05) is 24.3 Å². The van der Waals surface area contributed by atoms with E-state index >= 15 is 0 Å². The van der Waals surface area contributed by atoms with Crippen molar-refractivity contribution in [3.63, 3.8) is 0 Å². The molecule has 0 radical (unpaired) electrons. The fourth-order valence-corrected chi connectivity index (χ4v) is 6.47. The quantitative estimate of drug-likeness (QED) is 0.0879. The van der Waals surface area contributed by atoms with Crippen LogP contribution < -0.4 is 15.0 Å². The molecule has 0 saturated carbocycles. The number of fused-ring (bicyclic) bond motifs is 1. The number of alkyl carbamates (subject to hydrolysis) is 1. The number of nitrogens with zero attached hydrogens (tertiary/aromatic N) is 4. The Hall–Kier alpha value is -6.36. The zero-order valence-electron chi connectivity index (χ0n) is 33.9. The topological polar surface area (TPSA) is 185 Å². The maximum Gasteiger partial charge on any atom is 0.424 e. The normalized spacial score (nSPS) is 12.7. The SMILES string of the molecule is COc1cc(S(C)(=O)=O)ccc1N(C(=O)OCOC(=O)[C@@H](NC(=O)OC(C)(C)C)C(C)C)c1nc2ccc(-c3ccc(CC(=O)[C@H](C)c4ccc(F)cc4)cc3)cn2n1. The van der Waals surface area contributed by atoms with E-state index in [0.717, 1.165) is 33.4 Å². The number of Topliss-reactive ketones (excluding diaryl/α,β-unsaturated/α-hetero) is 1. The smallest absolute Gasteiger partial charge is 0.424 e. The van der Waals surface area contributed by atoms with Gasteiger partial charge in [-0.25, -0.2) is 36.6 Å². The molecule has 15 nitrogen and oxygen atoms in total. The fraction of sp³-hybridized carbons (Fsp3) is 0.333. The summed E-state index contributed by atoms with van der Waals surface area (Å²) in [6.07, 6.45) is 0.946. The van der Waals surface area contributed by atoms with Gasteiger partial charge in [-0.3, -0.25) is 4.79 Å². The molecule has 5 aromatic rings. The van der Waals surface area contributed by atoms with Gasteiger partial charge in [0.2, 0.25) is 6.79 Å². The van der Waals surface area contributed by atoms with Gasteiger partial charge in [0.05, 0.1) is 17.7 Å². The van der Waals surface area contributed by atoms with Crippen LogP contribution in [0.3, 0.4) is 0 Å². The molecular formula is C42H46FN5O10S. The predicted molar refractivity (Wildman–Crippen MR) is 216 cm³/mol. The summed E-state index contributed by atoms with van der Waals surface area (Å²) in [5.74, 6) is -2.33. The molecule has 0 bridgehead atoms. The van der Waals surface area contributed by atoms with Gasteiger partial charge < -0.3 is 24.3 Å². The summed E-state index contributed by atoms with van der Waals surface area (Å²) < 4.78 is 60.8. The third kappa shape index (κ3) is 11.2. The van der Waals surface area contributed by atoms with Crippen LogP contribution in [0.1, 0.15) is 58.6 Å². The molecule has 17 heteroatoms. The number of amides is 2. The number of halogens is 1. The summed E-state index contributed by atoms with van der Waals surface area (Å²) in [6.45, 7) is 9.30. The van der Waals surface area contributed by atoms with Crippen LogP contribution in [-0.4, -0.2) is 78.8 Å². The van der Waals surface area contributed by atoms with E-state index < -0.39 is 58.3 Å². The average molecular weight is 832 g/mol. The predicted octanol–water partition coefficient (Wildman–Crippen LogP) is 7.19. The Morgan fingerprint density at radius 1 is 0.898 bits per heavy atom. The summed E-state index contributed by atoms with van der Waals surface area (Å²) in [5.41, 5.74) is 2.57. The molecule has 0 spiro atoms. The minimum absolute atomic E-state index is 0.0119. The van der Waals surface area contributed by atoms with Gasteiger partial charge in [-0.15, -0.1) is 5.10 Å². The number of ketones is 1. The number of ether oxygens (including phenoxy) is 4. The van der Waals surface area contributed by atoms with Crippen molar-refractivity contribution < 1.29 is 50.9 Å². The van der Waals surface area contributed by atoms with Crippen LogP contribution in [0.25, 0.3) is 16.8 Å². The molecule has 0 saturated heterocycles. The Labute approximate surface area is 341 Å². The first kappa shape index (κ1) is 43.8. The van der Waals surface area contributed by atoms with Crippen molar-refractivity contribution >= 4 is 51.1 Å². The van der Waals surface area contributed by atoms with Crippen molar-refractivity contribution in [3.8, 4) is 16.9 Å². The van der Waals surface area contributed by atoms with Gasteiger partial charge in [-0.05, 0) is 79.8 Å². The average Bonchev–Trinajstić information content (AvgIpc) is 3.59. The maximum atomic E-state index is 13.8. The van der Waals surface area contributed by atoms with Crippen LogP contribution in [0.15, 0.2) is 90.0 Å². The molecule has 2 heterocycles. The standard InChI is InChI=1S/C42H46FN5O10S/c1-25(2)37(45-40(51)58-42(4,5)6)38(50)56-24-57-41(52)48(33-19-18-32(59(8,53)54)22-35(33)55-7)39-44-36-20-15-30(23-47(36)46-39)29-11-9-27(10-12-29)21-34(49)26(3)28-13-16-31(43)17-14-28/h9-20,22-23,25-26,37H,21,24H2,1-8H3,(H,45,51)/t26-,37+/m1/s1. The molecule has 1 N–H and O–H groups in total. The van der Waals surface area contributed by atoms with Gasteiger partial charge in [0.15, 0.2) is 15.5 Å². The number of pyridine rings is 1. The van der Waals surface area contributed by atoms with Crippen molar-refractivity contribution in [2.24, 2.45) is 5.92 Å². The second kappa shape index (κ2) is 18.1. The second-order valence-corrected chi connectivity index (χ2v) is 17.1. The highest BCUT2D eigenvalue weighted by Gasteiger charge is 2.31. The molecular weight excluding hydrogens is 786 g/mol. The van der Waals surface area contributed by atoms with Crippen molar-refractivity contribution in [3.05, 3.63) is 102 Å². The van der Waals surface area contributed by atoms with E-state index in [1.165, 1.54) is 42.0 Å². The molecule has 2 atom stereocenters. The van der Waals surface area contributed by atoms with Gasteiger partial charge >= 0.3 is 18.2 Å². The zero-order valence-corrected chi connectivity index (χ0v) is 34.7. The Balaban J connectivity index is 1.38. The van der Waals surface area contributed by atoms with Crippen molar-refractivity contribution in [2.75, 3.05) is 25.1 Å². The second-order valence-electron chi connectivity index (χ2n) is 15.0. The molecule has 312 valence electrons. The van der Waals surface area contributed by atoms with Gasteiger partial charge in [0.1, 0.15) is 29.0 Å². The lowest BCUT2D eigenvalue weighted by atomic mass is 9.92. The third-order valence-corrected chi connectivity index (χ3v) is 10.1. The van der Waals surface area contributed by atoms with Crippen LogP contribution in [-0.2, 0) is 40.1 Å². The first-order valence-electron chi connectivity index (χ1n) is 18.5. The van der Waals surface area contributed by atoms with Gasteiger partial charge in [0.25, 0.3) is 5.95 Å². The number of methoxy groups -OCH3 is 1. The van der Waals surface area contributed by atoms with Gasteiger partial charge in [-0.2, -0.15) is 4.98 Å². The lowest BCUT2D eigenvalue weighted by Crippen LogP contribution is -2.47. The molecule has 2 amide bonds. The summed E-state index contributed by atoms with van der Waals surface area (Å²) in [4.78, 5) is 57.6. The Bertz CT molecular complexity index is 2450. The summed E-state index contributed by atoms with van der Waals surface area (Å²) in [6, 6.07) is 19.4. The number of benzene rings is 3. The number of anilines is 2. The number of nitrogens with one attached hydrogen (secondary N) is 1. The number of hydrogen-bond donors (Lipinski definition) is 1. The highest BCUT2D eigenvalue weighted by molar-refractivity contribution is 7.90. The molecule has 5 rings (SSSR count). The first-order chi connectivity index (χ1) is 27.7. The maximum absolute atomic E-state index is 13.8. The van der Waals surface area contributed by atoms with E-state index in [0.29, 0.717) is 5.65 Å². The van der Waals surface area contributed by atoms with Crippen LogP contribution >= 0.6 is 0 Å². The van der Waals surface area contributed by atoms with Crippen LogP contribution in [0.5, 0.6) is 5.75 Å². The Morgan fingerprint density at radius 2 is 1.56 bits per heavy atom. The van der Waals surface area contributed by atoms with Crippen molar-refractivity contribution in [1.82, 2.24) is 19.9 Å². The zero-order chi connectivity index (χ0) is 43.2. The molecule has 0 aliphatic carbocycles. The van der Waals surface area contributed by atoms with E-state index in [2.05, 4.69) is 15.4 Å². The highest BCUT2D eigenvalue weighted by atomic mass is 32.2. The molecule has 3 aromatic carbocycles. The van der Waals surface area contributed by atoms with Crippen LogP contribution in [0.2, 0.25) is 0 Å². The number of carbonyl (C=O) groups is 4. The number of aromatic nitrogens is 3. The molecule has 0 unspecified atom stereocenters. The summed E-state index contributed by atoms with van der Waals surface area (Å²) in [5, 5.41) is 7.00. The van der Waals surface area contributed by atoms with E-state index in [-0.39, 0.29) is 40.3 Å². The lowest BCUT2D eigenvalue weighted by Gasteiger charge is -2.25. The number of sulfone groups is 1. The molecule has 0 aliphatic rings. The monoisotopic (exact) mass is 831 g/mol. The van der Waals surface area contributed by atoms with E-state index in [1.54, 1.807) is 72.0 Å². The summed E-state index contributed by atoms with van der Waals surface area (Å²) in [7, 11) is -2.38. The number of hydrogen-bond acceptors (Lipinski definition) is 12. The minimum atomic E-state index is -3.67.